The van der Waals surface area contributed by atoms with Gasteiger partial charge in [-0.3, -0.25) is 4.90 Å². The molecule has 6 heteroatoms. The molecule has 0 amide bonds. The number of aryl methyl sites for hydroxylation is 1. The van der Waals surface area contributed by atoms with Gasteiger partial charge in [-0.15, -0.1) is 0 Å². The quantitative estimate of drug-likeness (QED) is 0.556. The van der Waals surface area contributed by atoms with Gasteiger partial charge in [-0.05, 0) is 50.2 Å². The first-order valence-corrected chi connectivity index (χ1v) is 10.2. The van der Waals surface area contributed by atoms with Gasteiger partial charge in [0.05, 0.1) is 18.0 Å². The first kappa shape index (κ1) is 21.4. The highest BCUT2D eigenvalue weighted by atomic mass is 35.5. The summed E-state index contributed by atoms with van der Waals surface area (Å²) >= 11 is 6.56. The molecule has 0 unspecified atom stereocenters. The molecule has 3 aromatic rings. The van der Waals surface area contributed by atoms with Crippen LogP contribution >= 0.6 is 11.6 Å². The smallest absolute Gasteiger partial charge is 0.139 e. The average molecular weight is 414 g/mol. The Morgan fingerprint density at radius 3 is 2.45 bits per heavy atom. The predicted molar refractivity (Wildman–Crippen MR) is 117 cm³/mol. The second-order valence-corrected chi connectivity index (χ2v) is 7.55. The minimum Gasteiger partial charge on any atom is -0.489 e. The van der Waals surface area contributed by atoms with Crippen molar-refractivity contribution in [2.45, 2.75) is 39.5 Å². The molecule has 5 nitrogen and oxygen atoms in total. The van der Waals surface area contributed by atoms with Crippen molar-refractivity contribution < 1.29 is 9.84 Å². The number of benzene rings is 2. The number of likely N-dealkylation sites (N-methyl/N-ethyl adjacent to an activating group) is 1. The molecule has 1 heterocycles. The molecular weight excluding hydrogens is 386 g/mol. The molecule has 3 rings (SSSR count). The zero-order chi connectivity index (χ0) is 20.8. The van der Waals surface area contributed by atoms with Crippen LogP contribution in [0.1, 0.15) is 30.2 Å². The summed E-state index contributed by atoms with van der Waals surface area (Å²) in [6.45, 7) is 5.34. The van der Waals surface area contributed by atoms with Crippen molar-refractivity contribution in [3.63, 3.8) is 0 Å². The van der Waals surface area contributed by atoms with Gasteiger partial charge in [-0.1, -0.05) is 48.9 Å². The lowest BCUT2D eigenvalue weighted by Crippen LogP contribution is -2.33. The molecule has 0 saturated carbocycles. The average Bonchev–Trinajstić information content (AvgIpc) is 3.02. The van der Waals surface area contributed by atoms with E-state index < -0.39 is 0 Å². The predicted octanol–water partition coefficient (Wildman–Crippen LogP) is 4.62. The Hall–Kier alpha value is -2.34. The zero-order valence-corrected chi connectivity index (χ0v) is 17.9. The molecule has 0 spiro atoms. The van der Waals surface area contributed by atoms with Gasteiger partial charge in [0.2, 0.25) is 0 Å². The SMILES string of the molecule is CC[C@H](CO)N(C)Cc1ccc(OCc2c(C)nn(-c3ccccc3)c2Cl)cc1. The van der Waals surface area contributed by atoms with E-state index in [0.717, 1.165) is 35.7 Å². The summed E-state index contributed by atoms with van der Waals surface area (Å²) in [5.74, 6) is 0.786. The number of aliphatic hydroxyl groups is 1. The number of ether oxygens (including phenoxy) is 1. The van der Waals surface area contributed by atoms with Crippen LogP contribution in [-0.4, -0.2) is 39.5 Å². The molecule has 2 aromatic carbocycles. The number of rotatable bonds is 9. The molecule has 0 fully saturated rings. The highest BCUT2D eigenvalue weighted by molar-refractivity contribution is 6.30. The summed E-state index contributed by atoms with van der Waals surface area (Å²) in [7, 11) is 2.03. The summed E-state index contributed by atoms with van der Waals surface area (Å²) in [5, 5.41) is 14.6. The Balaban J connectivity index is 1.64. The number of halogens is 1. The number of aromatic nitrogens is 2. The summed E-state index contributed by atoms with van der Waals surface area (Å²) < 4.78 is 7.70. The van der Waals surface area contributed by atoms with Crippen LogP contribution < -0.4 is 4.74 Å². The van der Waals surface area contributed by atoms with Crippen LogP contribution in [0.15, 0.2) is 54.6 Å². The van der Waals surface area contributed by atoms with Crippen molar-refractivity contribution in [2.75, 3.05) is 13.7 Å². The van der Waals surface area contributed by atoms with E-state index in [2.05, 4.69) is 29.1 Å². The van der Waals surface area contributed by atoms with Gasteiger partial charge >= 0.3 is 0 Å². The molecule has 154 valence electrons. The van der Waals surface area contributed by atoms with E-state index in [-0.39, 0.29) is 12.6 Å². The lowest BCUT2D eigenvalue weighted by Gasteiger charge is -2.25. The Kier molecular flexibility index (Phi) is 7.31. The Morgan fingerprint density at radius 2 is 1.83 bits per heavy atom. The minimum absolute atomic E-state index is 0.172. The van der Waals surface area contributed by atoms with Crippen molar-refractivity contribution in [1.82, 2.24) is 14.7 Å². The van der Waals surface area contributed by atoms with Gasteiger partial charge in [-0.25, -0.2) is 4.68 Å². The van der Waals surface area contributed by atoms with Crippen molar-refractivity contribution in [3.05, 3.63) is 76.6 Å². The van der Waals surface area contributed by atoms with Crippen molar-refractivity contribution in [2.24, 2.45) is 0 Å². The van der Waals surface area contributed by atoms with E-state index in [0.29, 0.717) is 11.8 Å². The highest BCUT2D eigenvalue weighted by Crippen LogP contribution is 2.25. The van der Waals surface area contributed by atoms with Crippen LogP contribution in [0.4, 0.5) is 0 Å². The number of hydrogen-bond acceptors (Lipinski definition) is 4. The minimum atomic E-state index is 0.172. The Bertz CT molecular complexity index is 906. The van der Waals surface area contributed by atoms with E-state index in [9.17, 15) is 5.11 Å². The molecule has 0 bridgehead atoms. The standard InChI is InChI=1S/C23H28ClN3O2/c1-4-19(15-28)26(3)14-18-10-12-21(13-11-18)29-16-22-17(2)25-27(23(22)24)20-8-6-5-7-9-20/h5-13,19,28H,4,14-16H2,1-3H3/t19-/m1/s1. The van der Waals surface area contributed by atoms with Crippen LogP contribution in [-0.2, 0) is 13.2 Å². The van der Waals surface area contributed by atoms with Crippen LogP contribution in [0.2, 0.25) is 5.15 Å². The maximum Gasteiger partial charge on any atom is 0.139 e. The first-order chi connectivity index (χ1) is 14.0. The second kappa shape index (κ2) is 9.92. The van der Waals surface area contributed by atoms with E-state index >= 15 is 0 Å². The Morgan fingerprint density at radius 1 is 1.14 bits per heavy atom. The van der Waals surface area contributed by atoms with E-state index in [1.807, 2.05) is 56.4 Å². The number of hydrogen-bond donors (Lipinski definition) is 1. The molecule has 0 radical (unpaired) electrons. The summed E-state index contributed by atoms with van der Waals surface area (Å²) in [6, 6.07) is 18.0. The second-order valence-electron chi connectivity index (χ2n) is 7.19. The third-order valence-electron chi connectivity index (χ3n) is 5.17. The molecule has 0 aliphatic carbocycles. The third-order valence-corrected chi connectivity index (χ3v) is 5.55. The fourth-order valence-electron chi connectivity index (χ4n) is 3.28. The van der Waals surface area contributed by atoms with Crippen molar-refractivity contribution in [3.8, 4) is 11.4 Å². The van der Waals surface area contributed by atoms with Crippen LogP contribution in [0.5, 0.6) is 5.75 Å². The Labute approximate surface area is 177 Å². The van der Waals surface area contributed by atoms with Gasteiger partial charge in [0, 0.05) is 18.2 Å². The van der Waals surface area contributed by atoms with Crippen LogP contribution in [0.25, 0.3) is 5.69 Å². The fraction of sp³-hybridized carbons (Fsp3) is 0.348. The first-order valence-electron chi connectivity index (χ1n) is 9.85. The van der Waals surface area contributed by atoms with Crippen LogP contribution in [0.3, 0.4) is 0 Å². The number of para-hydroxylation sites is 1. The zero-order valence-electron chi connectivity index (χ0n) is 17.2. The molecule has 1 atom stereocenters. The van der Waals surface area contributed by atoms with E-state index in [4.69, 9.17) is 16.3 Å². The van der Waals surface area contributed by atoms with Crippen molar-refractivity contribution in [1.29, 1.82) is 0 Å². The largest absolute Gasteiger partial charge is 0.489 e. The van der Waals surface area contributed by atoms with Gasteiger partial charge in [0.15, 0.2) is 0 Å². The summed E-state index contributed by atoms with van der Waals surface area (Å²) in [6.07, 6.45) is 0.922. The van der Waals surface area contributed by atoms with E-state index in [1.165, 1.54) is 5.56 Å². The summed E-state index contributed by atoms with van der Waals surface area (Å²) in [4.78, 5) is 2.16. The monoisotopic (exact) mass is 413 g/mol. The number of nitrogens with zero attached hydrogens (tertiary/aromatic N) is 3. The van der Waals surface area contributed by atoms with E-state index in [1.54, 1.807) is 4.68 Å². The molecule has 1 N–H and O–H groups in total. The summed E-state index contributed by atoms with van der Waals surface area (Å²) in [5.41, 5.74) is 3.84. The van der Waals surface area contributed by atoms with Crippen molar-refractivity contribution >= 4 is 11.6 Å². The van der Waals surface area contributed by atoms with Gasteiger partial charge < -0.3 is 9.84 Å². The topological polar surface area (TPSA) is 50.5 Å². The highest BCUT2D eigenvalue weighted by Gasteiger charge is 2.15. The third kappa shape index (κ3) is 5.18. The lowest BCUT2D eigenvalue weighted by molar-refractivity contribution is 0.138. The lowest BCUT2D eigenvalue weighted by atomic mass is 10.1. The molecule has 1 aromatic heterocycles. The molecule has 0 aliphatic rings. The molecular formula is C23H28ClN3O2. The number of aliphatic hydroxyl groups excluding tert-OH is 1. The molecule has 0 saturated heterocycles. The molecule has 0 aliphatic heterocycles. The maximum absolute atomic E-state index is 9.44. The van der Waals surface area contributed by atoms with Gasteiger partial charge in [-0.2, -0.15) is 5.10 Å². The maximum atomic E-state index is 9.44. The molecule has 29 heavy (non-hydrogen) atoms. The van der Waals surface area contributed by atoms with Crippen LogP contribution in [0, 0.1) is 6.92 Å². The van der Waals surface area contributed by atoms with Gasteiger partial charge in [0.1, 0.15) is 17.5 Å². The van der Waals surface area contributed by atoms with Gasteiger partial charge in [0.25, 0.3) is 0 Å². The fourth-order valence-corrected chi connectivity index (χ4v) is 3.61. The normalized spacial score (nSPS) is 12.3.